The molecule has 0 saturated heterocycles. The van der Waals surface area contributed by atoms with Crippen molar-refractivity contribution < 1.29 is 23.6 Å². The van der Waals surface area contributed by atoms with Crippen LogP contribution in [0.4, 0.5) is 0 Å². The quantitative estimate of drug-likeness (QED) is 0.367. The summed E-state index contributed by atoms with van der Waals surface area (Å²) in [6.07, 6.45) is 6.48. The van der Waals surface area contributed by atoms with E-state index in [4.69, 9.17) is 14.5 Å². The monoisotopic (exact) mass is 324 g/mol. The molecule has 0 rings (SSSR count). The van der Waals surface area contributed by atoms with Gasteiger partial charge in [0.15, 0.2) is 0 Å². The molecule has 0 saturated carbocycles. The van der Waals surface area contributed by atoms with Crippen LogP contribution in [0.25, 0.3) is 0 Å². The molecule has 0 aliphatic heterocycles. The van der Waals surface area contributed by atoms with Gasteiger partial charge < -0.3 is 14.5 Å². The van der Waals surface area contributed by atoms with Crippen molar-refractivity contribution in [1.29, 1.82) is 0 Å². The second-order valence-electron chi connectivity index (χ2n) is 3.87. The van der Waals surface area contributed by atoms with Crippen LogP contribution >= 0.6 is 7.82 Å². The zero-order valence-corrected chi connectivity index (χ0v) is 12.8. The van der Waals surface area contributed by atoms with Gasteiger partial charge in [-0.2, -0.15) is 0 Å². The van der Waals surface area contributed by atoms with E-state index in [-0.39, 0.29) is 58.0 Å². The Bertz CT molecular complexity index is 197. The Morgan fingerprint density at radius 1 is 0.895 bits per heavy atom. The number of ether oxygens (including phenoxy) is 1. The molecule has 0 radical (unpaired) electrons. The van der Waals surface area contributed by atoms with Crippen LogP contribution in [0.1, 0.15) is 59.3 Å². The first-order valence-corrected chi connectivity index (χ1v) is 8.28. The second-order valence-corrected chi connectivity index (χ2v) is 5.11. The van der Waals surface area contributed by atoms with Crippen LogP contribution in [0.5, 0.6) is 0 Å². The summed E-state index contributed by atoms with van der Waals surface area (Å²) in [7, 11) is -4.23. The number of hydrogen-bond donors (Lipinski definition) is 2. The molecule has 0 aromatic carbocycles. The van der Waals surface area contributed by atoms with E-state index in [0.29, 0.717) is 0 Å². The van der Waals surface area contributed by atoms with Gasteiger partial charge in [0.25, 0.3) is 0 Å². The van der Waals surface area contributed by atoms with Gasteiger partial charge in [0.1, 0.15) is 0 Å². The van der Waals surface area contributed by atoms with Gasteiger partial charge in [-0.25, -0.2) is 4.57 Å². The normalized spacial score (nSPS) is 10.4. The molecule has 5 nitrogen and oxygen atoms in total. The first-order valence-electron chi connectivity index (χ1n) is 6.75. The SMILES string of the molecule is CCCCCCCCOP(=O)(O)O.CCOCC.[KH]. The molecule has 0 spiro atoms. The van der Waals surface area contributed by atoms with Gasteiger partial charge in [-0.15, -0.1) is 0 Å². The van der Waals surface area contributed by atoms with Gasteiger partial charge in [-0.1, -0.05) is 39.0 Å². The molecule has 114 valence electrons. The van der Waals surface area contributed by atoms with Crippen molar-refractivity contribution in [1.82, 2.24) is 0 Å². The van der Waals surface area contributed by atoms with Crippen molar-refractivity contribution in [3.63, 3.8) is 0 Å². The van der Waals surface area contributed by atoms with Gasteiger partial charge >= 0.3 is 59.2 Å². The summed E-state index contributed by atoms with van der Waals surface area (Å²) >= 11 is 0. The Kier molecular flexibility index (Phi) is 26.6. The number of hydrogen-bond acceptors (Lipinski definition) is 3. The Morgan fingerprint density at radius 3 is 1.74 bits per heavy atom. The van der Waals surface area contributed by atoms with E-state index in [1.165, 1.54) is 19.3 Å². The fraction of sp³-hybridized carbons (Fsp3) is 1.00. The summed E-state index contributed by atoms with van der Waals surface area (Å²) in [6.45, 7) is 7.98. The van der Waals surface area contributed by atoms with E-state index in [2.05, 4.69) is 11.4 Å². The van der Waals surface area contributed by atoms with E-state index in [0.717, 1.165) is 32.5 Å². The Hall–Kier alpha value is 1.71. The van der Waals surface area contributed by atoms with E-state index in [1.54, 1.807) is 0 Å². The third-order valence-electron chi connectivity index (χ3n) is 2.17. The van der Waals surface area contributed by atoms with Crippen molar-refractivity contribution in [2.45, 2.75) is 59.3 Å². The first-order chi connectivity index (χ1) is 8.47. The molecular formula is C12H30KO5P. The second kappa shape index (κ2) is 19.7. The molecule has 0 aromatic heterocycles. The van der Waals surface area contributed by atoms with Gasteiger partial charge in [0.05, 0.1) is 6.61 Å². The maximum absolute atomic E-state index is 10.2. The predicted molar refractivity (Wildman–Crippen MR) is 80.7 cm³/mol. The minimum atomic E-state index is -4.23. The average molecular weight is 324 g/mol. The van der Waals surface area contributed by atoms with Crippen molar-refractivity contribution in [3.05, 3.63) is 0 Å². The molecule has 19 heavy (non-hydrogen) atoms. The van der Waals surface area contributed by atoms with E-state index >= 15 is 0 Å². The van der Waals surface area contributed by atoms with Crippen molar-refractivity contribution >= 4 is 59.2 Å². The fourth-order valence-corrected chi connectivity index (χ4v) is 1.64. The summed E-state index contributed by atoms with van der Waals surface area (Å²) in [5.41, 5.74) is 0. The summed E-state index contributed by atoms with van der Waals surface area (Å²) < 4.78 is 19.4. The number of phosphoric acid groups is 1. The molecule has 2 N–H and O–H groups in total. The van der Waals surface area contributed by atoms with Crippen molar-refractivity contribution in [2.75, 3.05) is 19.8 Å². The van der Waals surface area contributed by atoms with E-state index in [1.807, 2.05) is 13.8 Å². The first kappa shape index (κ1) is 25.6. The zero-order valence-electron chi connectivity index (χ0n) is 11.9. The Morgan fingerprint density at radius 2 is 1.37 bits per heavy atom. The van der Waals surface area contributed by atoms with Crippen LogP contribution in [-0.4, -0.2) is 81.0 Å². The van der Waals surface area contributed by atoms with Crippen LogP contribution < -0.4 is 0 Å². The predicted octanol–water partition coefficient (Wildman–Crippen LogP) is 2.85. The molecule has 0 aliphatic carbocycles. The maximum atomic E-state index is 10.2. The molecular weight excluding hydrogens is 294 g/mol. The minimum absolute atomic E-state index is 0. The summed E-state index contributed by atoms with van der Waals surface area (Å²) in [5.74, 6) is 0. The van der Waals surface area contributed by atoms with Crippen LogP contribution in [0.2, 0.25) is 0 Å². The van der Waals surface area contributed by atoms with Crippen LogP contribution in [0, 0.1) is 0 Å². The van der Waals surface area contributed by atoms with Gasteiger partial charge in [-0.05, 0) is 20.3 Å². The molecule has 0 unspecified atom stereocenters. The number of phosphoric ester groups is 1. The van der Waals surface area contributed by atoms with E-state index in [9.17, 15) is 4.57 Å². The average Bonchev–Trinajstić information content (AvgIpc) is 2.28. The van der Waals surface area contributed by atoms with Crippen LogP contribution in [-0.2, 0) is 13.8 Å². The van der Waals surface area contributed by atoms with Crippen molar-refractivity contribution in [2.24, 2.45) is 0 Å². The van der Waals surface area contributed by atoms with E-state index < -0.39 is 7.82 Å². The summed E-state index contributed by atoms with van der Waals surface area (Å²) in [5, 5.41) is 0. The third-order valence-corrected chi connectivity index (χ3v) is 2.68. The number of unbranched alkanes of at least 4 members (excludes halogenated alkanes) is 5. The number of rotatable bonds is 10. The van der Waals surface area contributed by atoms with Crippen molar-refractivity contribution in [3.8, 4) is 0 Å². The van der Waals surface area contributed by atoms with Crippen LogP contribution in [0.15, 0.2) is 0 Å². The molecule has 7 heteroatoms. The van der Waals surface area contributed by atoms with Gasteiger partial charge in [0, 0.05) is 13.2 Å². The fourth-order valence-electron chi connectivity index (χ4n) is 1.27. The third kappa shape index (κ3) is 32.9. The molecule has 0 heterocycles. The molecule has 0 atom stereocenters. The topological polar surface area (TPSA) is 76.0 Å². The molecule has 0 amide bonds. The molecule has 0 bridgehead atoms. The van der Waals surface area contributed by atoms with Gasteiger partial charge in [0.2, 0.25) is 0 Å². The molecule has 0 aliphatic rings. The molecule has 0 aromatic rings. The van der Waals surface area contributed by atoms with Crippen LogP contribution in [0.3, 0.4) is 0 Å². The zero-order chi connectivity index (χ0) is 14.3. The standard InChI is InChI=1S/C8H19O4P.C4H10O.K.H/c1-2-3-4-5-6-7-8-12-13(9,10)11;1-3-5-4-2;;/h2-8H2,1H3,(H2,9,10,11);3-4H2,1-2H3;;. The summed E-state index contributed by atoms with van der Waals surface area (Å²) in [6, 6.07) is 0. The Balaban J connectivity index is -0.000000366. The van der Waals surface area contributed by atoms with Gasteiger partial charge in [-0.3, -0.25) is 4.52 Å². The Labute approximate surface area is 160 Å². The summed E-state index contributed by atoms with van der Waals surface area (Å²) in [4.78, 5) is 16.7. The molecule has 0 fully saturated rings.